The van der Waals surface area contributed by atoms with Gasteiger partial charge in [-0.15, -0.1) is 0 Å². The van der Waals surface area contributed by atoms with Crippen LogP contribution in [0.2, 0.25) is 0 Å². The van der Waals surface area contributed by atoms with E-state index in [1.807, 2.05) is 0 Å². The van der Waals surface area contributed by atoms with Crippen molar-refractivity contribution in [1.82, 2.24) is 15.2 Å². The summed E-state index contributed by atoms with van der Waals surface area (Å²) >= 11 is 0. The van der Waals surface area contributed by atoms with Crippen LogP contribution in [0.5, 0.6) is 0 Å². The van der Waals surface area contributed by atoms with Gasteiger partial charge in [0.15, 0.2) is 5.82 Å². The van der Waals surface area contributed by atoms with Crippen molar-refractivity contribution < 1.29 is 0 Å². The van der Waals surface area contributed by atoms with E-state index in [0.717, 1.165) is 47.7 Å². The fourth-order valence-corrected chi connectivity index (χ4v) is 5.34. The largest absolute Gasteiger partial charge is 0.324 e. The molecule has 4 saturated carbocycles. The molecule has 4 heteroatoms. The van der Waals surface area contributed by atoms with E-state index in [0.29, 0.717) is 6.54 Å². The smallest absolute Gasteiger partial charge is 0.150 e. The van der Waals surface area contributed by atoms with Gasteiger partial charge in [-0.1, -0.05) is 0 Å². The Balaban J connectivity index is 1.40. The maximum absolute atomic E-state index is 5.56. The summed E-state index contributed by atoms with van der Waals surface area (Å²) in [5.41, 5.74) is 5.56. The van der Waals surface area contributed by atoms with Crippen LogP contribution in [0.25, 0.3) is 0 Å². The number of H-pyrrole nitrogens is 1. The fraction of sp³-hybridized carbons (Fsp3) is 0.867. The second-order valence-corrected chi connectivity index (χ2v) is 7.04. The molecule has 1 heterocycles. The van der Waals surface area contributed by atoms with Crippen LogP contribution in [0.1, 0.15) is 50.2 Å². The van der Waals surface area contributed by atoms with E-state index in [4.69, 9.17) is 5.73 Å². The second kappa shape index (κ2) is 4.58. The summed E-state index contributed by atoms with van der Waals surface area (Å²) in [7, 11) is 0. The fourth-order valence-electron chi connectivity index (χ4n) is 5.34. The Morgan fingerprint density at radius 3 is 2.32 bits per heavy atom. The molecule has 4 nitrogen and oxygen atoms in total. The highest BCUT2D eigenvalue weighted by Gasteiger charge is 2.47. The monoisotopic (exact) mass is 260 g/mol. The second-order valence-electron chi connectivity index (χ2n) is 7.04. The number of nitrogens with two attached hydrogens (primary N) is 1. The van der Waals surface area contributed by atoms with Crippen molar-refractivity contribution in [3.63, 3.8) is 0 Å². The zero-order chi connectivity index (χ0) is 12.8. The quantitative estimate of drug-likeness (QED) is 0.872. The van der Waals surface area contributed by atoms with Crippen molar-refractivity contribution in [1.29, 1.82) is 0 Å². The molecule has 4 fully saturated rings. The van der Waals surface area contributed by atoms with Crippen LogP contribution in [0.3, 0.4) is 0 Å². The molecule has 0 amide bonds. The number of rotatable bonds is 4. The highest BCUT2D eigenvalue weighted by molar-refractivity contribution is 4.99. The molecule has 0 saturated heterocycles. The van der Waals surface area contributed by atoms with Crippen LogP contribution < -0.4 is 5.73 Å². The molecule has 0 radical (unpaired) electrons. The van der Waals surface area contributed by atoms with E-state index >= 15 is 0 Å². The number of nitrogens with zero attached hydrogens (tertiary/aromatic N) is 2. The van der Waals surface area contributed by atoms with Gasteiger partial charge in [0.2, 0.25) is 0 Å². The molecule has 1 aromatic rings. The van der Waals surface area contributed by atoms with Crippen LogP contribution in [-0.2, 0) is 13.0 Å². The summed E-state index contributed by atoms with van der Waals surface area (Å²) in [6.45, 7) is 0.463. The van der Waals surface area contributed by atoms with Crippen molar-refractivity contribution in [2.24, 2.45) is 35.3 Å². The summed E-state index contributed by atoms with van der Waals surface area (Å²) in [5.74, 6) is 6.92. The number of nitrogens with one attached hydrogen (secondary N) is 1. The number of aromatic nitrogens is 3. The van der Waals surface area contributed by atoms with Crippen LogP contribution in [0.4, 0.5) is 0 Å². The van der Waals surface area contributed by atoms with Gasteiger partial charge in [-0.05, 0) is 68.1 Å². The maximum atomic E-state index is 5.56. The highest BCUT2D eigenvalue weighted by Crippen LogP contribution is 2.57. The van der Waals surface area contributed by atoms with E-state index in [9.17, 15) is 0 Å². The van der Waals surface area contributed by atoms with Crippen molar-refractivity contribution in [3.05, 3.63) is 11.6 Å². The Morgan fingerprint density at radius 1 is 1.05 bits per heavy atom. The minimum absolute atomic E-state index is 0.463. The lowest BCUT2D eigenvalue weighted by Crippen LogP contribution is -2.45. The number of aryl methyl sites for hydroxylation is 1. The molecule has 4 aliphatic carbocycles. The molecule has 104 valence electrons. The first-order chi connectivity index (χ1) is 9.31. The zero-order valence-electron chi connectivity index (χ0n) is 11.5. The first-order valence-corrected chi connectivity index (χ1v) is 7.92. The molecule has 5 rings (SSSR count). The van der Waals surface area contributed by atoms with E-state index in [2.05, 4.69) is 15.2 Å². The summed E-state index contributed by atoms with van der Waals surface area (Å²) in [4.78, 5) is 4.44. The standard InChI is InChI=1S/C15H24N4/c16-8-15-17-14(18-19-15)2-1-13-11-4-9-3-10(6-11)7-12(13)5-9/h9-13H,1-8,16H2,(H,17,18,19). The van der Waals surface area contributed by atoms with Gasteiger partial charge < -0.3 is 5.73 Å². The molecule has 0 aliphatic heterocycles. The van der Waals surface area contributed by atoms with E-state index in [-0.39, 0.29) is 0 Å². The van der Waals surface area contributed by atoms with Crippen molar-refractivity contribution in [2.45, 2.75) is 51.5 Å². The third-order valence-electron chi connectivity index (χ3n) is 5.89. The topological polar surface area (TPSA) is 67.6 Å². The summed E-state index contributed by atoms with van der Waals surface area (Å²) in [6, 6.07) is 0. The Labute approximate surface area is 114 Å². The Hall–Kier alpha value is -0.900. The third-order valence-corrected chi connectivity index (χ3v) is 5.89. The number of aromatic amines is 1. The molecule has 0 spiro atoms. The van der Waals surface area contributed by atoms with Crippen LogP contribution >= 0.6 is 0 Å². The highest BCUT2D eigenvalue weighted by atomic mass is 15.2. The predicted octanol–water partition coefficient (Wildman–Crippen LogP) is 2.27. The van der Waals surface area contributed by atoms with Gasteiger partial charge in [0.05, 0.1) is 6.54 Å². The maximum Gasteiger partial charge on any atom is 0.150 e. The lowest BCUT2D eigenvalue weighted by Gasteiger charge is -2.54. The number of hydrogen-bond acceptors (Lipinski definition) is 3. The van der Waals surface area contributed by atoms with Gasteiger partial charge in [-0.3, -0.25) is 5.10 Å². The molecule has 0 aromatic carbocycles. The van der Waals surface area contributed by atoms with E-state index < -0.39 is 0 Å². The van der Waals surface area contributed by atoms with Gasteiger partial charge in [0, 0.05) is 6.42 Å². The van der Waals surface area contributed by atoms with Crippen molar-refractivity contribution in [3.8, 4) is 0 Å². The minimum Gasteiger partial charge on any atom is -0.324 e. The SMILES string of the molecule is NCc1nc(CCC2C3CC4CC(C3)CC2C4)n[nH]1. The normalized spacial score (nSPS) is 39.9. The van der Waals surface area contributed by atoms with E-state index in [1.165, 1.54) is 32.1 Å². The lowest BCUT2D eigenvalue weighted by molar-refractivity contribution is -0.0395. The summed E-state index contributed by atoms with van der Waals surface area (Å²) in [5, 5.41) is 7.19. The molecule has 19 heavy (non-hydrogen) atoms. The summed E-state index contributed by atoms with van der Waals surface area (Å²) < 4.78 is 0. The molecule has 4 aliphatic rings. The van der Waals surface area contributed by atoms with Gasteiger partial charge >= 0.3 is 0 Å². The number of hydrogen-bond donors (Lipinski definition) is 2. The lowest BCUT2D eigenvalue weighted by atomic mass is 9.51. The Bertz CT molecular complexity index is 425. The predicted molar refractivity (Wildman–Crippen MR) is 73.1 cm³/mol. The summed E-state index contributed by atoms with van der Waals surface area (Å²) in [6.07, 6.45) is 9.92. The van der Waals surface area contributed by atoms with Crippen LogP contribution in [-0.4, -0.2) is 15.2 Å². The van der Waals surface area contributed by atoms with E-state index in [1.54, 1.807) is 6.42 Å². The molecule has 3 N–H and O–H groups in total. The molecule has 1 aromatic heterocycles. The van der Waals surface area contributed by atoms with Crippen LogP contribution in [0, 0.1) is 29.6 Å². The first-order valence-electron chi connectivity index (χ1n) is 7.92. The zero-order valence-corrected chi connectivity index (χ0v) is 11.5. The van der Waals surface area contributed by atoms with Gasteiger partial charge in [-0.25, -0.2) is 4.98 Å². The minimum atomic E-state index is 0.463. The first kappa shape index (κ1) is 11.9. The Kier molecular flexibility index (Phi) is 2.87. The molecular weight excluding hydrogens is 236 g/mol. The average Bonchev–Trinajstić information content (AvgIpc) is 2.85. The van der Waals surface area contributed by atoms with Crippen LogP contribution in [0.15, 0.2) is 0 Å². The molecule has 4 bridgehead atoms. The Morgan fingerprint density at radius 2 is 1.74 bits per heavy atom. The molecular formula is C15H24N4. The third kappa shape index (κ3) is 2.10. The van der Waals surface area contributed by atoms with Gasteiger partial charge in [-0.2, -0.15) is 5.10 Å². The van der Waals surface area contributed by atoms with Crippen molar-refractivity contribution in [2.75, 3.05) is 0 Å². The van der Waals surface area contributed by atoms with Gasteiger partial charge in [0.25, 0.3) is 0 Å². The molecule has 0 atom stereocenters. The van der Waals surface area contributed by atoms with Gasteiger partial charge in [0.1, 0.15) is 5.82 Å². The molecule has 0 unspecified atom stereocenters. The van der Waals surface area contributed by atoms with Crippen molar-refractivity contribution >= 4 is 0 Å². The average molecular weight is 260 g/mol.